The Balaban J connectivity index is 1.14. The molecule has 13 atom stereocenters. The summed E-state index contributed by atoms with van der Waals surface area (Å²) in [5.74, 6) is -14.5. The van der Waals surface area contributed by atoms with E-state index in [1.165, 1.54) is 63.4 Å². The number of methoxy groups -OCH3 is 1. The van der Waals surface area contributed by atoms with Crippen LogP contribution in [-0.2, 0) is 70.3 Å². The molecule has 3 aromatic carbocycles. The van der Waals surface area contributed by atoms with E-state index in [9.17, 15) is 103 Å². The molecule has 34 nitrogen and oxygen atoms in total. The number of carbonyl (C=O) groups excluding carboxylic acids is 12. The Morgan fingerprint density at radius 1 is 0.673 bits per heavy atom. The molecule has 34 heteroatoms. The summed E-state index contributed by atoms with van der Waals surface area (Å²) >= 11 is 0. The van der Waals surface area contributed by atoms with Crippen LogP contribution in [0, 0.1) is 5.92 Å². The number of nitrogens with two attached hydrogens (primary N) is 2. The maximum atomic E-state index is 14.3. The number of primary amides is 1. The summed E-state index contributed by atoms with van der Waals surface area (Å²) in [5.41, 5.74) is 6.45. The van der Waals surface area contributed by atoms with E-state index in [4.69, 9.17) is 25.7 Å². The molecule has 6 rings (SSSR count). The number of benzene rings is 3. The fourth-order valence-corrected chi connectivity index (χ4v) is 11.7. The number of Topliss-reactive ketones (excluding diaryl/α,β-unsaturated/α-hetero) is 1. The van der Waals surface area contributed by atoms with Gasteiger partial charge in [0.2, 0.25) is 58.9 Å². The van der Waals surface area contributed by atoms with E-state index in [2.05, 4.69) is 42.5 Å². The van der Waals surface area contributed by atoms with Crippen LogP contribution in [0.25, 0.3) is 0 Å². The van der Waals surface area contributed by atoms with Crippen LogP contribution in [0.5, 0.6) is 23.0 Å². The predicted octanol–water partition coefficient (Wildman–Crippen LogP) is -5.06. The van der Waals surface area contributed by atoms with Crippen molar-refractivity contribution in [1.82, 2.24) is 42.5 Å². The second-order valence-electron chi connectivity index (χ2n) is 24.6. The van der Waals surface area contributed by atoms with Crippen LogP contribution < -0.4 is 58.7 Å². The van der Waals surface area contributed by atoms with Crippen LogP contribution in [0.3, 0.4) is 0 Å². The number of aliphatic hydroxyl groups is 6. The number of hydrogen-bond acceptors (Lipinski definition) is 25. The van der Waals surface area contributed by atoms with Gasteiger partial charge in [-0.1, -0.05) is 38.1 Å². The van der Waals surface area contributed by atoms with Crippen LogP contribution in [0.2, 0.25) is 0 Å². The molecule has 536 valence electrons. The molecule has 0 spiro atoms. The maximum Gasteiger partial charge on any atom is 0.245 e. The fourth-order valence-electron chi connectivity index (χ4n) is 11.7. The fraction of sp³-hybridized carbons (Fsp3) is 0.531. The number of rotatable bonds is 34. The zero-order chi connectivity index (χ0) is 72.6. The van der Waals surface area contributed by atoms with Gasteiger partial charge in [-0.2, -0.15) is 0 Å². The lowest BCUT2D eigenvalue weighted by atomic mass is 9.72. The van der Waals surface area contributed by atoms with Gasteiger partial charge in [-0.25, -0.2) is 0 Å². The highest BCUT2D eigenvalue weighted by Gasteiger charge is 2.51. The summed E-state index contributed by atoms with van der Waals surface area (Å²) in [6.45, 7) is 1.45. The number of ether oxygens (including phenoxy) is 3. The number of amides is 9. The van der Waals surface area contributed by atoms with Crippen molar-refractivity contribution in [1.29, 1.82) is 0 Å². The highest BCUT2D eigenvalue weighted by Crippen LogP contribution is 2.52. The minimum Gasteiger partial charge on any atom is -0.508 e. The topological polar surface area (TPSA) is 563 Å². The van der Waals surface area contributed by atoms with Crippen molar-refractivity contribution < 1.29 is 118 Å². The molecule has 0 unspecified atom stereocenters. The van der Waals surface area contributed by atoms with Gasteiger partial charge < -0.3 is 114 Å². The van der Waals surface area contributed by atoms with Gasteiger partial charge in [-0.05, 0) is 75.3 Å². The molecule has 0 aromatic heterocycles. The Bertz CT molecular complexity index is 3480. The molecule has 1 aliphatic heterocycles. The number of phenols is 3. The number of unbranched alkanes of at least 4 members (excludes halogenated alkanes) is 1. The van der Waals surface area contributed by atoms with Crippen molar-refractivity contribution >= 4 is 70.5 Å². The van der Waals surface area contributed by atoms with Gasteiger partial charge in [-0.15, -0.1) is 0 Å². The Labute approximate surface area is 561 Å². The van der Waals surface area contributed by atoms with Gasteiger partial charge in [0.15, 0.2) is 17.9 Å². The summed E-state index contributed by atoms with van der Waals surface area (Å²) in [5, 5.41) is 117. The van der Waals surface area contributed by atoms with Crippen molar-refractivity contribution in [2.24, 2.45) is 17.4 Å². The smallest absolute Gasteiger partial charge is 0.245 e. The second kappa shape index (κ2) is 34.8. The first-order valence-electron chi connectivity index (χ1n) is 31.6. The zero-order valence-corrected chi connectivity index (χ0v) is 54.5. The van der Waals surface area contributed by atoms with Crippen molar-refractivity contribution in [3.8, 4) is 23.0 Å². The highest BCUT2D eigenvalue weighted by molar-refractivity contribution is 6.31. The molecule has 1 saturated heterocycles. The SMILES string of the molecule is COc1cccc2c1C(=O)c1c(O)c3c(c(O)c1C2=O)C[C@@](O)(C(=O)CO)C[C@@H]3O[C@@H]1C[C@H](NC(=O)[C@H](CC(C)C)NC(=O)[C@H](CO)NC(=O)[C@H](CO)NC(=O)[C@H](CO)NC(=O)[C@H](CCC(N)=O)NC(=O)[C@H](Cc2ccc(O)cc2)NC(=O)[C@H](CCCCN)NC(C)=O)[C@H](O)[C@H](C)O1. The molecule has 0 saturated carbocycles. The van der Waals surface area contributed by atoms with Crippen LogP contribution in [-0.4, -0.2) is 229 Å². The zero-order valence-electron chi connectivity index (χ0n) is 54.5. The number of nitrogens with one attached hydrogen (secondary N) is 8. The number of fused-ring (bicyclic) bond motifs is 3. The Hall–Kier alpha value is -9.26. The van der Waals surface area contributed by atoms with Crippen molar-refractivity contribution in [3.63, 3.8) is 0 Å². The second-order valence-corrected chi connectivity index (χ2v) is 24.6. The monoisotopic (exact) mass is 1380 g/mol. The number of hydrogen-bond donors (Lipinski definition) is 19. The lowest BCUT2D eigenvalue weighted by molar-refractivity contribution is -0.249. The standard InChI is InChI=1S/C64H86N10O24/c1-28(2)19-38(59(90)69-37-21-47(97-29(3)52(37)83)98-44-23-64(95,45(81)27-78)22-34-49(44)56(87)51-50(54(34)85)53(84)33-9-8-11-43(96-5)48(33)55(51)86)70-61(92)40(24-75)73-63(94)42(26-77)74-62(93)41(25-76)72-58(89)36(16-17-46(66)82)68-60(91)39(20-31-12-14-32(80)15-13-31)71-57(88)35(67-30(4)79)10-6-7-18-65/h8-9,11-15,28-29,35-42,44,47,52,75-78,80,83,85,87,95H,6-7,10,16-27,65H2,1-5H3,(H2,66,82)(H,67,79)(H,68,91)(H,69,90)(H,70,92)(H,71,88)(H,72,89)(H,73,94)(H,74,93)/t29-,35-,36-,37-,38-,39-,40-,41-,42-,44-,47+,52+,64-/m0/s1. The summed E-state index contributed by atoms with van der Waals surface area (Å²) in [4.78, 5) is 163. The molecule has 0 bridgehead atoms. The lowest BCUT2D eigenvalue weighted by Crippen LogP contribution is -2.62. The molecule has 21 N–H and O–H groups in total. The minimum absolute atomic E-state index is 0.0323. The summed E-state index contributed by atoms with van der Waals surface area (Å²) in [7, 11) is 1.24. The molecule has 0 radical (unpaired) electrons. The van der Waals surface area contributed by atoms with Crippen LogP contribution in [0.4, 0.5) is 0 Å². The van der Waals surface area contributed by atoms with E-state index in [0.29, 0.717) is 18.4 Å². The third-order valence-electron chi connectivity index (χ3n) is 16.8. The molecule has 98 heavy (non-hydrogen) atoms. The van der Waals surface area contributed by atoms with E-state index >= 15 is 0 Å². The average molecular weight is 1380 g/mol. The first kappa shape index (κ1) is 77.7. The molecular formula is C64H86N10O24. The van der Waals surface area contributed by atoms with Crippen molar-refractivity contribution in [3.05, 3.63) is 81.4 Å². The van der Waals surface area contributed by atoms with Crippen molar-refractivity contribution in [2.45, 2.75) is 170 Å². The van der Waals surface area contributed by atoms with Gasteiger partial charge >= 0.3 is 0 Å². The third-order valence-corrected chi connectivity index (χ3v) is 16.8. The normalized spacial score (nSPS) is 20.8. The van der Waals surface area contributed by atoms with Gasteiger partial charge in [0.1, 0.15) is 83.6 Å². The highest BCUT2D eigenvalue weighted by atomic mass is 16.7. The van der Waals surface area contributed by atoms with E-state index in [0.717, 1.165) is 0 Å². The van der Waals surface area contributed by atoms with Gasteiger partial charge in [0.05, 0.1) is 61.9 Å². The molecule has 9 amide bonds. The summed E-state index contributed by atoms with van der Waals surface area (Å²) in [6, 6.07) is -3.39. The van der Waals surface area contributed by atoms with E-state index in [1.807, 2.05) is 0 Å². The molecule has 3 aliphatic rings. The third kappa shape index (κ3) is 19.1. The molecule has 3 aromatic rings. The molecule has 1 fully saturated rings. The summed E-state index contributed by atoms with van der Waals surface area (Å²) < 4.78 is 17.6. The Morgan fingerprint density at radius 3 is 1.73 bits per heavy atom. The number of aliphatic hydroxyl groups excluding tert-OH is 5. The maximum absolute atomic E-state index is 14.3. The Kier molecular flexibility index (Phi) is 27.6. The van der Waals surface area contributed by atoms with Gasteiger partial charge in [0, 0.05) is 55.7 Å². The predicted molar refractivity (Wildman–Crippen MR) is 339 cm³/mol. The molecular weight excluding hydrogens is 1290 g/mol. The number of ketones is 3. The molecule has 1 heterocycles. The van der Waals surface area contributed by atoms with E-state index in [1.54, 1.807) is 13.8 Å². The Morgan fingerprint density at radius 2 is 1.20 bits per heavy atom. The quantitative estimate of drug-likeness (QED) is 0.0154. The minimum atomic E-state index is -2.52. The lowest BCUT2D eigenvalue weighted by Gasteiger charge is -2.43. The first-order chi connectivity index (χ1) is 46.3. The number of phenolic OH excluding ortho intramolecular Hbond substituents is 3. The number of carbonyl (C=O) groups is 12. The van der Waals surface area contributed by atoms with Crippen molar-refractivity contribution in [2.75, 3.05) is 40.1 Å². The first-order valence-corrected chi connectivity index (χ1v) is 31.6. The van der Waals surface area contributed by atoms with E-state index in [-0.39, 0.29) is 65.5 Å². The van der Waals surface area contributed by atoms with Crippen LogP contribution in [0.1, 0.15) is 134 Å². The molecule has 2 aliphatic carbocycles. The van der Waals surface area contributed by atoms with Gasteiger partial charge in [-0.3, -0.25) is 57.5 Å². The number of aromatic hydroxyl groups is 3. The van der Waals surface area contributed by atoms with E-state index < -0.39 is 230 Å². The largest absolute Gasteiger partial charge is 0.508 e. The van der Waals surface area contributed by atoms with Gasteiger partial charge in [0.25, 0.3) is 0 Å². The summed E-state index contributed by atoms with van der Waals surface area (Å²) in [6.07, 6.45) is -8.24. The van der Waals surface area contributed by atoms with Crippen LogP contribution >= 0.6 is 0 Å². The van der Waals surface area contributed by atoms with Crippen LogP contribution in [0.15, 0.2) is 42.5 Å². The average Bonchev–Trinajstić information content (AvgIpc) is 0.711.